The number of benzene rings is 2. The van der Waals surface area contributed by atoms with E-state index in [0.717, 1.165) is 75.4 Å². The summed E-state index contributed by atoms with van der Waals surface area (Å²) in [6.07, 6.45) is 5.05. The van der Waals surface area contributed by atoms with Crippen molar-refractivity contribution in [1.29, 1.82) is 5.26 Å². The van der Waals surface area contributed by atoms with Gasteiger partial charge in [0.25, 0.3) is 0 Å². The fourth-order valence-corrected chi connectivity index (χ4v) is 4.68. The first-order valence-corrected chi connectivity index (χ1v) is 11.7. The van der Waals surface area contributed by atoms with E-state index in [2.05, 4.69) is 5.32 Å². The van der Waals surface area contributed by atoms with Gasteiger partial charge < -0.3 is 14.8 Å². The third-order valence-corrected chi connectivity index (χ3v) is 6.63. The molecule has 2 aromatic rings. The van der Waals surface area contributed by atoms with E-state index in [-0.39, 0.29) is 47.3 Å². The Kier molecular flexibility index (Phi) is 7.71. The van der Waals surface area contributed by atoms with Crippen LogP contribution in [0, 0.1) is 40.6 Å². The Bertz CT molecular complexity index is 1130. The van der Waals surface area contributed by atoms with E-state index in [0.29, 0.717) is 0 Å². The first kappa shape index (κ1) is 24.7. The zero-order valence-corrected chi connectivity index (χ0v) is 19.0. The lowest BCUT2D eigenvalue weighted by Crippen LogP contribution is -2.37. The summed E-state index contributed by atoms with van der Waals surface area (Å²) in [5.41, 5.74) is -1.18. The normalized spacial score (nSPS) is 21.8. The number of nitrogens with zero attached hydrogens (tertiary/aromatic N) is 1. The lowest BCUT2D eigenvalue weighted by Gasteiger charge is -2.29. The van der Waals surface area contributed by atoms with Crippen LogP contribution in [0.25, 0.3) is 0 Å². The van der Waals surface area contributed by atoms with Crippen molar-refractivity contribution < 1.29 is 32.2 Å². The molecule has 35 heavy (non-hydrogen) atoms. The summed E-state index contributed by atoms with van der Waals surface area (Å²) in [4.78, 5) is 24.8. The van der Waals surface area contributed by atoms with Gasteiger partial charge in [-0.25, -0.2) is 18.0 Å². The van der Waals surface area contributed by atoms with Crippen LogP contribution >= 0.6 is 0 Å². The average Bonchev–Trinajstić information content (AvgIpc) is 3.37. The van der Waals surface area contributed by atoms with Crippen LogP contribution in [0.2, 0.25) is 0 Å². The summed E-state index contributed by atoms with van der Waals surface area (Å²) in [6, 6.07) is 6.43. The van der Waals surface area contributed by atoms with Crippen molar-refractivity contribution in [3.63, 3.8) is 0 Å². The van der Waals surface area contributed by atoms with Crippen LogP contribution in [0.15, 0.2) is 30.3 Å². The summed E-state index contributed by atoms with van der Waals surface area (Å²) in [5, 5.41) is 12.0. The number of carbonyl (C=O) groups is 2. The van der Waals surface area contributed by atoms with Crippen LogP contribution in [0.5, 0.6) is 11.5 Å². The minimum Gasteiger partial charge on any atom is -0.493 e. The molecule has 4 rings (SSSR count). The Morgan fingerprint density at radius 3 is 2.26 bits per heavy atom. The van der Waals surface area contributed by atoms with Crippen LogP contribution in [-0.2, 0) is 4.79 Å². The van der Waals surface area contributed by atoms with Gasteiger partial charge in [0.15, 0.2) is 5.78 Å². The summed E-state index contributed by atoms with van der Waals surface area (Å²) in [7, 11) is 0. The molecule has 184 valence electrons. The highest BCUT2D eigenvalue weighted by molar-refractivity contribution is 5.92. The molecule has 2 fully saturated rings. The molecule has 9 heteroatoms. The topological polar surface area (TPSA) is 88.4 Å². The molecule has 1 aliphatic heterocycles. The highest BCUT2D eigenvalue weighted by Crippen LogP contribution is 2.32. The fourth-order valence-electron chi connectivity index (χ4n) is 4.68. The predicted octanol–water partition coefficient (Wildman–Crippen LogP) is 4.70. The van der Waals surface area contributed by atoms with Gasteiger partial charge in [-0.15, -0.1) is 0 Å². The number of nitriles is 1. The van der Waals surface area contributed by atoms with E-state index in [1.165, 1.54) is 0 Å². The van der Waals surface area contributed by atoms with Crippen molar-refractivity contribution in [2.75, 3.05) is 13.2 Å². The van der Waals surface area contributed by atoms with Crippen LogP contribution in [0.4, 0.5) is 13.2 Å². The number of rotatable bonds is 7. The molecule has 6 nitrogen and oxygen atoms in total. The van der Waals surface area contributed by atoms with E-state index in [9.17, 15) is 22.8 Å². The molecule has 0 radical (unpaired) electrons. The smallest absolute Gasteiger partial charge is 0.349 e. The number of hydrogen-bond acceptors (Lipinski definition) is 6. The van der Waals surface area contributed by atoms with Gasteiger partial charge in [0.2, 0.25) is 0 Å². The van der Waals surface area contributed by atoms with Crippen molar-refractivity contribution in [2.45, 2.75) is 44.6 Å². The van der Waals surface area contributed by atoms with E-state index in [1.807, 2.05) is 0 Å². The highest BCUT2D eigenvalue weighted by atomic mass is 19.1. The Morgan fingerprint density at radius 1 is 0.971 bits per heavy atom. The van der Waals surface area contributed by atoms with Crippen LogP contribution < -0.4 is 14.8 Å². The molecule has 1 heterocycles. The number of ether oxygens (including phenoxy) is 2. The Labute approximate surface area is 201 Å². The van der Waals surface area contributed by atoms with E-state index in [4.69, 9.17) is 14.7 Å². The standard InChI is InChI=1S/C26H25F3N2O4/c27-20-10-18(8-7-17(20)13-30)35-26(33)24-21(28)11-19(12-22(24)29)34-14-15-3-5-16(6-4-15)25(32)23-2-1-9-31-23/h7-8,10-12,15-16,23,31H,1-6,9,14H2/t15?,16?,23-/m0/s1. The summed E-state index contributed by atoms with van der Waals surface area (Å²) in [5.74, 6) is -4.44. The Balaban J connectivity index is 1.31. The molecular formula is C26H25F3N2O4. The zero-order valence-electron chi connectivity index (χ0n) is 19.0. The molecule has 1 saturated heterocycles. The number of esters is 1. The summed E-state index contributed by atoms with van der Waals surface area (Å²) >= 11 is 0. The molecular weight excluding hydrogens is 461 g/mol. The van der Waals surface area contributed by atoms with Crippen LogP contribution in [0.3, 0.4) is 0 Å². The van der Waals surface area contributed by atoms with Crippen molar-refractivity contribution in [1.82, 2.24) is 5.32 Å². The summed E-state index contributed by atoms with van der Waals surface area (Å²) < 4.78 is 53.2. The molecule has 1 aliphatic carbocycles. The molecule has 1 N–H and O–H groups in total. The number of Topliss-reactive ketones (excluding diaryl/α,β-unsaturated/α-hetero) is 1. The van der Waals surface area contributed by atoms with Crippen molar-refractivity contribution >= 4 is 11.8 Å². The van der Waals surface area contributed by atoms with E-state index in [1.54, 1.807) is 6.07 Å². The second kappa shape index (κ2) is 10.9. The minimum atomic E-state index is -1.34. The minimum absolute atomic E-state index is 0.0279. The van der Waals surface area contributed by atoms with Crippen LogP contribution in [0.1, 0.15) is 54.4 Å². The van der Waals surface area contributed by atoms with Gasteiger partial charge in [-0.05, 0) is 63.1 Å². The van der Waals surface area contributed by atoms with Gasteiger partial charge in [0.05, 0.1) is 18.2 Å². The molecule has 1 saturated carbocycles. The molecule has 0 unspecified atom stereocenters. The van der Waals surface area contributed by atoms with Crippen molar-refractivity contribution in [3.8, 4) is 17.6 Å². The molecule has 1 atom stereocenters. The zero-order chi connectivity index (χ0) is 24.9. The monoisotopic (exact) mass is 486 g/mol. The van der Waals surface area contributed by atoms with Gasteiger partial charge in [-0.1, -0.05) is 0 Å². The molecule has 0 amide bonds. The third kappa shape index (κ3) is 5.82. The molecule has 0 aromatic heterocycles. The molecule has 0 bridgehead atoms. The molecule has 2 aliphatic rings. The van der Waals surface area contributed by atoms with Crippen molar-refractivity contribution in [3.05, 3.63) is 58.9 Å². The maximum absolute atomic E-state index is 14.5. The average molecular weight is 486 g/mol. The largest absolute Gasteiger partial charge is 0.493 e. The Hall–Kier alpha value is -3.38. The maximum atomic E-state index is 14.5. The van der Waals surface area contributed by atoms with Crippen LogP contribution in [-0.4, -0.2) is 30.9 Å². The second-order valence-electron chi connectivity index (χ2n) is 8.98. The number of halogens is 3. The quantitative estimate of drug-likeness (QED) is 0.451. The first-order chi connectivity index (χ1) is 16.9. The summed E-state index contributed by atoms with van der Waals surface area (Å²) in [6.45, 7) is 1.13. The third-order valence-electron chi connectivity index (χ3n) is 6.63. The van der Waals surface area contributed by atoms with Gasteiger partial charge >= 0.3 is 5.97 Å². The molecule has 2 aromatic carbocycles. The van der Waals surface area contributed by atoms with E-state index < -0.39 is 29.0 Å². The lowest BCUT2D eigenvalue weighted by atomic mass is 9.78. The van der Waals surface area contributed by atoms with Crippen molar-refractivity contribution in [2.24, 2.45) is 11.8 Å². The predicted molar refractivity (Wildman–Crippen MR) is 119 cm³/mol. The number of ketones is 1. The van der Waals surface area contributed by atoms with Gasteiger partial charge in [0.1, 0.15) is 40.6 Å². The first-order valence-electron chi connectivity index (χ1n) is 11.7. The van der Waals surface area contributed by atoms with Gasteiger partial charge in [-0.3, -0.25) is 4.79 Å². The number of hydrogen-bond donors (Lipinski definition) is 1. The highest BCUT2D eigenvalue weighted by Gasteiger charge is 2.32. The Morgan fingerprint density at radius 2 is 1.66 bits per heavy atom. The fraction of sp³-hybridized carbons (Fsp3) is 0.423. The molecule has 0 spiro atoms. The second-order valence-corrected chi connectivity index (χ2v) is 8.98. The SMILES string of the molecule is N#Cc1ccc(OC(=O)c2c(F)cc(OCC3CCC(C(=O)[C@@H]4CCCN4)CC3)cc2F)cc1F. The van der Waals surface area contributed by atoms with Gasteiger partial charge in [-0.2, -0.15) is 5.26 Å². The van der Waals surface area contributed by atoms with E-state index >= 15 is 0 Å². The number of nitrogens with one attached hydrogen (secondary N) is 1. The lowest BCUT2D eigenvalue weighted by molar-refractivity contribution is -0.125. The van der Waals surface area contributed by atoms with Gasteiger partial charge in [0, 0.05) is 24.1 Å². The maximum Gasteiger partial charge on any atom is 0.349 e. The number of carbonyl (C=O) groups excluding carboxylic acids is 2.